The lowest BCUT2D eigenvalue weighted by atomic mass is 10.3. The molecule has 0 spiro atoms. The second kappa shape index (κ2) is 7.63. The number of aliphatic hydroxyl groups is 1. The summed E-state index contributed by atoms with van der Waals surface area (Å²) < 4.78 is 0. The number of amides is 1. The van der Waals surface area contributed by atoms with E-state index in [1.807, 2.05) is 0 Å². The van der Waals surface area contributed by atoms with Gasteiger partial charge in [-0.15, -0.1) is 0 Å². The normalized spacial score (nSPS) is 17.8. The number of aliphatic hydroxyl groups excluding tert-OH is 1. The summed E-state index contributed by atoms with van der Waals surface area (Å²) in [6.45, 7) is 11.7. The lowest BCUT2D eigenvalue weighted by Gasteiger charge is -2.35. The predicted octanol–water partition coefficient (Wildman–Crippen LogP) is -0.535. The molecule has 1 saturated heterocycles. The molecule has 1 aliphatic rings. The summed E-state index contributed by atoms with van der Waals surface area (Å²) in [5.74, 6) is -0.145. The van der Waals surface area contributed by atoms with Crippen LogP contribution in [0.1, 0.15) is 13.8 Å². The minimum Gasteiger partial charge on any atom is -0.387 e. The Bertz CT molecular complexity index is 224. The van der Waals surface area contributed by atoms with E-state index >= 15 is 0 Å². The van der Waals surface area contributed by atoms with Crippen LogP contribution in [0.5, 0.6) is 0 Å². The van der Waals surface area contributed by atoms with Gasteiger partial charge in [0.1, 0.15) is 6.61 Å². The molecule has 1 fully saturated rings. The molecule has 100 valence electrons. The molecule has 0 aromatic heterocycles. The number of piperazine rings is 1. The van der Waals surface area contributed by atoms with Gasteiger partial charge < -0.3 is 14.9 Å². The Morgan fingerprint density at radius 3 is 2.24 bits per heavy atom. The van der Waals surface area contributed by atoms with Crippen molar-refractivity contribution in [1.82, 2.24) is 14.7 Å². The van der Waals surface area contributed by atoms with Crippen molar-refractivity contribution in [1.29, 1.82) is 0 Å². The van der Waals surface area contributed by atoms with Crippen molar-refractivity contribution in [3.63, 3.8) is 0 Å². The molecule has 17 heavy (non-hydrogen) atoms. The van der Waals surface area contributed by atoms with E-state index in [2.05, 4.69) is 23.6 Å². The smallest absolute Gasteiger partial charge is 0.248 e. The first-order chi connectivity index (χ1) is 8.21. The van der Waals surface area contributed by atoms with Gasteiger partial charge in [-0.3, -0.25) is 9.69 Å². The molecule has 1 amide bonds. The average molecular weight is 243 g/mol. The average Bonchev–Trinajstić information content (AvgIpc) is 2.39. The van der Waals surface area contributed by atoms with Crippen LogP contribution in [0, 0.1) is 0 Å². The Morgan fingerprint density at radius 2 is 1.76 bits per heavy atom. The monoisotopic (exact) mass is 243 g/mol. The Hall–Kier alpha value is -0.650. The number of rotatable bonds is 6. The molecule has 0 aliphatic carbocycles. The number of carbonyl (C=O) groups is 1. The molecule has 0 aromatic rings. The van der Waals surface area contributed by atoms with Crippen molar-refractivity contribution in [2.75, 3.05) is 59.0 Å². The second-order valence-electron chi connectivity index (χ2n) is 4.41. The first-order valence-electron chi connectivity index (χ1n) is 6.54. The SMILES string of the molecule is CCN(CC)CCN1CCN(C(=O)CO)CC1. The molecule has 1 rings (SSSR count). The topological polar surface area (TPSA) is 47.0 Å². The molecule has 1 heterocycles. The highest BCUT2D eigenvalue weighted by Gasteiger charge is 2.20. The van der Waals surface area contributed by atoms with E-state index in [9.17, 15) is 4.79 Å². The fourth-order valence-corrected chi connectivity index (χ4v) is 2.14. The summed E-state index contributed by atoms with van der Waals surface area (Å²) in [5.41, 5.74) is 0. The zero-order valence-corrected chi connectivity index (χ0v) is 11.1. The van der Waals surface area contributed by atoms with E-state index < -0.39 is 0 Å². The van der Waals surface area contributed by atoms with Crippen LogP contribution in [0.25, 0.3) is 0 Å². The molecular formula is C12H25N3O2. The number of likely N-dealkylation sites (N-methyl/N-ethyl adjacent to an activating group) is 1. The van der Waals surface area contributed by atoms with E-state index in [4.69, 9.17) is 5.11 Å². The van der Waals surface area contributed by atoms with Crippen LogP contribution in [0.3, 0.4) is 0 Å². The molecule has 5 heteroatoms. The lowest BCUT2D eigenvalue weighted by molar-refractivity contribution is -0.135. The maximum Gasteiger partial charge on any atom is 0.248 e. The molecule has 0 saturated carbocycles. The first-order valence-corrected chi connectivity index (χ1v) is 6.54. The lowest BCUT2D eigenvalue weighted by Crippen LogP contribution is -2.50. The molecule has 1 aliphatic heterocycles. The van der Waals surface area contributed by atoms with Crippen LogP contribution in [0.4, 0.5) is 0 Å². The van der Waals surface area contributed by atoms with Gasteiger partial charge in [0.05, 0.1) is 0 Å². The molecule has 0 radical (unpaired) electrons. The van der Waals surface area contributed by atoms with Crippen molar-refractivity contribution in [3.8, 4) is 0 Å². The summed E-state index contributed by atoms with van der Waals surface area (Å²) in [6.07, 6.45) is 0. The van der Waals surface area contributed by atoms with Crippen LogP contribution in [0.2, 0.25) is 0 Å². The molecule has 1 N–H and O–H groups in total. The standard InChI is InChI=1S/C12H25N3O2/c1-3-13(4-2)5-6-14-7-9-15(10-8-14)12(17)11-16/h16H,3-11H2,1-2H3. The fraction of sp³-hybridized carbons (Fsp3) is 0.917. The van der Waals surface area contributed by atoms with E-state index in [-0.39, 0.29) is 12.5 Å². The fourth-order valence-electron chi connectivity index (χ4n) is 2.14. The highest BCUT2D eigenvalue weighted by Crippen LogP contribution is 2.02. The Balaban J connectivity index is 2.21. The largest absolute Gasteiger partial charge is 0.387 e. The van der Waals surface area contributed by atoms with Crippen LogP contribution in [-0.2, 0) is 4.79 Å². The molecular weight excluding hydrogens is 218 g/mol. The maximum absolute atomic E-state index is 11.3. The van der Waals surface area contributed by atoms with Gasteiger partial charge in [-0.25, -0.2) is 0 Å². The van der Waals surface area contributed by atoms with E-state index in [0.717, 1.165) is 52.4 Å². The Labute approximate surface area is 104 Å². The van der Waals surface area contributed by atoms with Gasteiger partial charge in [-0.1, -0.05) is 13.8 Å². The van der Waals surface area contributed by atoms with Gasteiger partial charge in [-0.2, -0.15) is 0 Å². The van der Waals surface area contributed by atoms with Gasteiger partial charge in [0.15, 0.2) is 0 Å². The summed E-state index contributed by atoms with van der Waals surface area (Å²) in [4.78, 5) is 17.8. The minimum absolute atomic E-state index is 0.145. The van der Waals surface area contributed by atoms with E-state index in [1.165, 1.54) is 0 Å². The van der Waals surface area contributed by atoms with Crippen LogP contribution >= 0.6 is 0 Å². The minimum atomic E-state index is -0.362. The highest BCUT2D eigenvalue weighted by atomic mass is 16.3. The summed E-state index contributed by atoms with van der Waals surface area (Å²) >= 11 is 0. The third kappa shape index (κ3) is 4.61. The van der Waals surface area contributed by atoms with Gasteiger partial charge in [0, 0.05) is 39.3 Å². The van der Waals surface area contributed by atoms with E-state index in [0.29, 0.717) is 0 Å². The van der Waals surface area contributed by atoms with Crippen LogP contribution in [0.15, 0.2) is 0 Å². The summed E-state index contributed by atoms with van der Waals surface area (Å²) in [5, 5.41) is 8.78. The zero-order chi connectivity index (χ0) is 12.7. The van der Waals surface area contributed by atoms with E-state index in [1.54, 1.807) is 4.90 Å². The van der Waals surface area contributed by atoms with Crippen molar-refractivity contribution in [3.05, 3.63) is 0 Å². The second-order valence-corrected chi connectivity index (χ2v) is 4.41. The van der Waals surface area contributed by atoms with Crippen LogP contribution in [-0.4, -0.2) is 84.7 Å². The van der Waals surface area contributed by atoms with Gasteiger partial charge in [0.2, 0.25) is 5.91 Å². The summed E-state index contributed by atoms with van der Waals surface area (Å²) in [7, 11) is 0. The van der Waals surface area contributed by atoms with Crippen molar-refractivity contribution in [2.24, 2.45) is 0 Å². The molecule has 0 bridgehead atoms. The van der Waals surface area contributed by atoms with Crippen molar-refractivity contribution < 1.29 is 9.90 Å². The molecule has 5 nitrogen and oxygen atoms in total. The third-order valence-electron chi connectivity index (χ3n) is 3.49. The quantitative estimate of drug-likeness (QED) is 0.681. The number of nitrogens with zero attached hydrogens (tertiary/aromatic N) is 3. The molecule has 0 atom stereocenters. The maximum atomic E-state index is 11.3. The van der Waals surface area contributed by atoms with Gasteiger partial charge in [-0.05, 0) is 13.1 Å². The Morgan fingerprint density at radius 1 is 1.18 bits per heavy atom. The van der Waals surface area contributed by atoms with Crippen molar-refractivity contribution in [2.45, 2.75) is 13.8 Å². The summed E-state index contributed by atoms with van der Waals surface area (Å²) in [6, 6.07) is 0. The van der Waals surface area contributed by atoms with Crippen LogP contribution < -0.4 is 0 Å². The third-order valence-corrected chi connectivity index (χ3v) is 3.49. The van der Waals surface area contributed by atoms with Crippen molar-refractivity contribution >= 4 is 5.91 Å². The number of hydrogen-bond donors (Lipinski definition) is 1. The molecule has 0 aromatic carbocycles. The highest BCUT2D eigenvalue weighted by molar-refractivity contribution is 5.77. The Kier molecular flexibility index (Phi) is 6.47. The molecule has 0 unspecified atom stereocenters. The predicted molar refractivity (Wildman–Crippen MR) is 67.9 cm³/mol. The van der Waals surface area contributed by atoms with Gasteiger partial charge in [0.25, 0.3) is 0 Å². The first kappa shape index (κ1) is 14.4. The number of carbonyl (C=O) groups excluding carboxylic acids is 1. The zero-order valence-electron chi connectivity index (χ0n) is 11.1. The number of hydrogen-bond acceptors (Lipinski definition) is 4. The van der Waals surface area contributed by atoms with Gasteiger partial charge >= 0.3 is 0 Å².